The number of nitrogens with zero attached hydrogens (tertiary/aromatic N) is 3. The molecule has 72 valence electrons. The smallest absolute Gasteiger partial charge is 0.159 e. The summed E-state index contributed by atoms with van der Waals surface area (Å²) in [6.07, 6.45) is 0. The van der Waals surface area contributed by atoms with Crippen molar-refractivity contribution in [3.05, 3.63) is 28.7 Å². The number of hydrogen-bond donors (Lipinski definition) is 1. The van der Waals surface area contributed by atoms with Crippen LogP contribution in [0.25, 0.3) is 11.5 Å². The molecule has 4 nitrogen and oxygen atoms in total. The van der Waals surface area contributed by atoms with E-state index in [1.165, 1.54) is 0 Å². The fourth-order valence-electron chi connectivity index (χ4n) is 1.09. The van der Waals surface area contributed by atoms with Gasteiger partial charge >= 0.3 is 0 Å². The van der Waals surface area contributed by atoms with Crippen LogP contribution in [-0.4, -0.2) is 20.2 Å². The fraction of sp³-hybridized carbons (Fsp3) is 0.222. The zero-order chi connectivity index (χ0) is 10.1. The molecule has 0 bridgehead atoms. The van der Waals surface area contributed by atoms with Gasteiger partial charge in [-0.25, -0.2) is 4.98 Å². The van der Waals surface area contributed by atoms with Gasteiger partial charge < -0.3 is 4.98 Å². The van der Waals surface area contributed by atoms with Crippen LogP contribution in [-0.2, 0) is 0 Å². The molecule has 2 aromatic rings. The fourth-order valence-corrected chi connectivity index (χ4v) is 1.22. The summed E-state index contributed by atoms with van der Waals surface area (Å²) in [5.74, 6) is 0.653. The van der Waals surface area contributed by atoms with Gasteiger partial charge in [-0.05, 0) is 26.0 Å². The Morgan fingerprint density at radius 2 is 2.00 bits per heavy atom. The van der Waals surface area contributed by atoms with Crippen LogP contribution in [0.4, 0.5) is 0 Å². The third-order valence-electron chi connectivity index (χ3n) is 1.87. The number of nitrogens with one attached hydrogen (secondary N) is 1. The number of halogens is 1. The van der Waals surface area contributed by atoms with Gasteiger partial charge in [-0.15, -0.1) is 5.10 Å². The van der Waals surface area contributed by atoms with Crippen LogP contribution < -0.4 is 0 Å². The van der Waals surface area contributed by atoms with Crippen LogP contribution in [0.2, 0.25) is 5.15 Å². The maximum absolute atomic E-state index is 5.82. The molecule has 0 radical (unpaired) electrons. The molecule has 14 heavy (non-hydrogen) atoms. The van der Waals surface area contributed by atoms with E-state index in [4.69, 9.17) is 11.6 Å². The number of aromatic nitrogens is 4. The van der Waals surface area contributed by atoms with Crippen LogP contribution in [0, 0.1) is 13.8 Å². The molecular weight excluding hydrogens is 200 g/mol. The van der Waals surface area contributed by atoms with E-state index in [2.05, 4.69) is 20.2 Å². The highest BCUT2D eigenvalue weighted by Crippen LogP contribution is 2.18. The first-order valence-corrected chi connectivity index (χ1v) is 4.57. The maximum atomic E-state index is 5.82. The molecule has 0 saturated heterocycles. The molecule has 0 atom stereocenters. The molecule has 2 heterocycles. The lowest BCUT2D eigenvalue weighted by atomic mass is 10.3. The summed E-state index contributed by atoms with van der Waals surface area (Å²) in [5, 5.41) is 8.42. The van der Waals surface area contributed by atoms with E-state index in [9.17, 15) is 0 Å². The Hall–Kier alpha value is -1.42. The summed E-state index contributed by atoms with van der Waals surface area (Å²) in [4.78, 5) is 7.15. The Morgan fingerprint density at radius 1 is 1.21 bits per heavy atom. The second kappa shape index (κ2) is 3.38. The molecule has 2 rings (SSSR count). The topological polar surface area (TPSA) is 54.5 Å². The Balaban J connectivity index is 2.44. The molecule has 0 aliphatic rings. The van der Waals surface area contributed by atoms with Crippen LogP contribution in [0.15, 0.2) is 12.1 Å². The highest BCUT2D eigenvalue weighted by atomic mass is 35.5. The predicted octanol–water partition coefficient (Wildman–Crippen LogP) is 2.14. The number of imidazole rings is 1. The summed E-state index contributed by atoms with van der Waals surface area (Å²) >= 11 is 5.82. The monoisotopic (exact) mass is 208 g/mol. The average molecular weight is 209 g/mol. The van der Waals surface area contributed by atoms with E-state index in [1.54, 1.807) is 0 Å². The van der Waals surface area contributed by atoms with Gasteiger partial charge in [0.25, 0.3) is 0 Å². The molecular formula is C9H9ClN4. The second-order valence-corrected chi connectivity index (χ2v) is 3.42. The molecule has 0 amide bonds. The lowest BCUT2D eigenvalue weighted by Gasteiger charge is -1.94. The van der Waals surface area contributed by atoms with Crippen molar-refractivity contribution in [2.45, 2.75) is 13.8 Å². The van der Waals surface area contributed by atoms with Crippen LogP contribution in [0.5, 0.6) is 0 Å². The molecule has 0 saturated carbocycles. The van der Waals surface area contributed by atoms with Crippen LogP contribution >= 0.6 is 11.6 Å². The third-order valence-corrected chi connectivity index (χ3v) is 2.23. The first-order chi connectivity index (χ1) is 6.66. The van der Waals surface area contributed by atoms with Crippen molar-refractivity contribution in [1.29, 1.82) is 0 Å². The van der Waals surface area contributed by atoms with Gasteiger partial charge in [-0.1, -0.05) is 11.6 Å². The summed E-state index contributed by atoms with van der Waals surface area (Å²) in [6, 6.07) is 3.74. The Kier molecular flexibility index (Phi) is 2.21. The van der Waals surface area contributed by atoms with Crippen molar-refractivity contribution < 1.29 is 0 Å². The van der Waals surface area contributed by atoms with Crippen molar-refractivity contribution in [3.8, 4) is 11.5 Å². The first-order valence-electron chi connectivity index (χ1n) is 4.19. The van der Waals surface area contributed by atoms with Crippen molar-refractivity contribution in [3.63, 3.8) is 0 Å². The molecule has 0 aromatic carbocycles. The average Bonchev–Trinajstić information content (AvgIpc) is 2.48. The molecule has 0 aliphatic heterocycles. The number of hydrogen-bond acceptors (Lipinski definition) is 3. The minimum Gasteiger partial charge on any atom is -0.339 e. The standard InChI is InChI=1S/C9H9ClN4/c1-5-3-4-7(14-13-5)9-11-6(2)8(10)12-9/h3-4H,1-2H3,(H,11,12). The zero-order valence-corrected chi connectivity index (χ0v) is 8.63. The highest BCUT2D eigenvalue weighted by Gasteiger charge is 2.07. The van der Waals surface area contributed by atoms with Crippen molar-refractivity contribution in [1.82, 2.24) is 20.2 Å². The van der Waals surface area contributed by atoms with Gasteiger partial charge in [0.2, 0.25) is 0 Å². The predicted molar refractivity (Wildman–Crippen MR) is 54.1 cm³/mol. The maximum Gasteiger partial charge on any atom is 0.159 e. The molecule has 0 aliphatic carbocycles. The minimum absolute atomic E-state index is 0.474. The van der Waals surface area contributed by atoms with Gasteiger partial charge in [0, 0.05) is 0 Å². The van der Waals surface area contributed by atoms with E-state index in [-0.39, 0.29) is 0 Å². The molecule has 0 spiro atoms. The number of rotatable bonds is 1. The summed E-state index contributed by atoms with van der Waals surface area (Å²) in [6.45, 7) is 3.75. The van der Waals surface area contributed by atoms with Crippen molar-refractivity contribution >= 4 is 11.6 Å². The van der Waals surface area contributed by atoms with E-state index in [0.717, 1.165) is 11.4 Å². The highest BCUT2D eigenvalue weighted by molar-refractivity contribution is 6.30. The number of aryl methyl sites for hydroxylation is 2. The SMILES string of the molecule is Cc1ccc(-c2nc(Cl)c(C)[nH]2)nn1. The molecule has 2 aromatic heterocycles. The molecule has 0 unspecified atom stereocenters. The lowest BCUT2D eigenvalue weighted by molar-refractivity contribution is 0.976. The Morgan fingerprint density at radius 3 is 2.50 bits per heavy atom. The molecule has 5 heteroatoms. The summed E-state index contributed by atoms with van der Waals surface area (Å²) in [7, 11) is 0. The second-order valence-electron chi connectivity index (χ2n) is 3.06. The molecule has 1 N–H and O–H groups in total. The van der Waals surface area contributed by atoms with Crippen molar-refractivity contribution in [2.75, 3.05) is 0 Å². The molecule has 0 fully saturated rings. The van der Waals surface area contributed by atoms with Gasteiger partial charge in [-0.3, -0.25) is 0 Å². The van der Waals surface area contributed by atoms with Crippen LogP contribution in [0.1, 0.15) is 11.4 Å². The van der Waals surface area contributed by atoms with E-state index >= 15 is 0 Å². The zero-order valence-electron chi connectivity index (χ0n) is 7.87. The number of H-pyrrole nitrogens is 1. The number of aromatic amines is 1. The van der Waals surface area contributed by atoms with E-state index in [1.807, 2.05) is 26.0 Å². The normalized spacial score (nSPS) is 10.5. The van der Waals surface area contributed by atoms with Gasteiger partial charge in [-0.2, -0.15) is 5.10 Å². The first kappa shape index (κ1) is 9.15. The van der Waals surface area contributed by atoms with E-state index in [0.29, 0.717) is 16.7 Å². The van der Waals surface area contributed by atoms with Gasteiger partial charge in [0.15, 0.2) is 11.0 Å². The summed E-state index contributed by atoms with van der Waals surface area (Å²) in [5.41, 5.74) is 2.41. The lowest BCUT2D eigenvalue weighted by Crippen LogP contribution is -1.90. The van der Waals surface area contributed by atoms with E-state index < -0.39 is 0 Å². The quantitative estimate of drug-likeness (QED) is 0.781. The van der Waals surface area contributed by atoms with Gasteiger partial charge in [0.1, 0.15) is 5.69 Å². The van der Waals surface area contributed by atoms with Crippen LogP contribution in [0.3, 0.4) is 0 Å². The van der Waals surface area contributed by atoms with Gasteiger partial charge in [0.05, 0.1) is 11.4 Å². The summed E-state index contributed by atoms with van der Waals surface area (Å²) < 4.78 is 0. The Bertz CT molecular complexity index is 427. The third kappa shape index (κ3) is 1.61. The minimum atomic E-state index is 0.474. The largest absolute Gasteiger partial charge is 0.339 e. The van der Waals surface area contributed by atoms with Crippen molar-refractivity contribution in [2.24, 2.45) is 0 Å². The Labute approximate surface area is 86.4 Å².